The molecule has 68 heavy (non-hydrogen) atoms. The van der Waals surface area contributed by atoms with Gasteiger partial charge in [-0.15, -0.1) is 0 Å². The molecule has 0 rings (SSSR count). The molecular formula is C62H121NO5. The van der Waals surface area contributed by atoms with Crippen molar-refractivity contribution in [2.45, 2.75) is 360 Å². The fraction of sp³-hybridized carbons (Fsp3) is 0.935. The average molecular weight is 961 g/mol. The fourth-order valence-corrected chi connectivity index (χ4v) is 9.81. The van der Waals surface area contributed by atoms with Gasteiger partial charge in [-0.1, -0.05) is 296 Å². The summed E-state index contributed by atoms with van der Waals surface area (Å²) >= 11 is 0. The standard InChI is InChI=1S/C62H121NO5/c1-3-5-7-9-11-13-15-17-18-19-20-22-25-28-31-34-38-42-46-50-54-60(65)59(58-64)63-61(66)55-51-47-43-39-35-32-29-26-23-21-24-27-30-33-37-41-45-49-53-57-68-62(67)56-52-48-44-40-36-16-14-12-10-8-6-4-2/h12,14,59-60,64-65H,3-11,13,15-58H2,1-2H3,(H,63,66)/b14-12-. The maximum Gasteiger partial charge on any atom is 0.305 e. The third-order valence-electron chi connectivity index (χ3n) is 14.6. The SMILES string of the molecule is CCCCC/C=C\CCCCCCCC(=O)OCCCCCCCCCCCCCCCCCCCCCC(=O)NC(CO)C(O)CCCCCCCCCCCCCCCCCCCCCC. The number of ether oxygens (including phenoxy) is 1. The Morgan fingerprint density at radius 2 is 0.691 bits per heavy atom. The highest BCUT2D eigenvalue weighted by Gasteiger charge is 2.20. The molecule has 3 N–H and O–H groups in total. The Morgan fingerprint density at radius 3 is 1.07 bits per heavy atom. The van der Waals surface area contributed by atoms with Crippen LogP contribution in [0.1, 0.15) is 348 Å². The van der Waals surface area contributed by atoms with E-state index in [0.29, 0.717) is 25.9 Å². The first-order chi connectivity index (χ1) is 33.5. The summed E-state index contributed by atoms with van der Waals surface area (Å²) in [6.45, 7) is 4.95. The van der Waals surface area contributed by atoms with Crippen molar-refractivity contribution in [3.05, 3.63) is 12.2 Å². The van der Waals surface area contributed by atoms with Gasteiger partial charge in [0.2, 0.25) is 5.91 Å². The second kappa shape index (κ2) is 58.2. The van der Waals surface area contributed by atoms with Gasteiger partial charge in [-0.2, -0.15) is 0 Å². The first kappa shape index (κ1) is 66.6. The van der Waals surface area contributed by atoms with Crippen molar-refractivity contribution in [2.24, 2.45) is 0 Å². The normalized spacial score (nSPS) is 12.6. The van der Waals surface area contributed by atoms with Crippen LogP contribution in [0.2, 0.25) is 0 Å². The van der Waals surface area contributed by atoms with Crippen LogP contribution in [-0.4, -0.2) is 47.4 Å². The van der Waals surface area contributed by atoms with E-state index in [4.69, 9.17) is 4.74 Å². The number of nitrogens with one attached hydrogen (secondary N) is 1. The average Bonchev–Trinajstić information content (AvgIpc) is 3.34. The fourth-order valence-electron chi connectivity index (χ4n) is 9.81. The minimum Gasteiger partial charge on any atom is -0.466 e. The van der Waals surface area contributed by atoms with Gasteiger partial charge in [-0.05, 0) is 51.4 Å². The van der Waals surface area contributed by atoms with Gasteiger partial charge in [0, 0.05) is 12.8 Å². The first-order valence-electron chi connectivity index (χ1n) is 30.9. The molecule has 0 aliphatic rings. The number of rotatable bonds is 58. The van der Waals surface area contributed by atoms with Crippen molar-refractivity contribution in [2.75, 3.05) is 13.2 Å². The lowest BCUT2D eigenvalue weighted by atomic mass is 10.0. The lowest BCUT2D eigenvalue weighted by Crippen LogP contribution is -2.45. The topological polar surface area (TPSA) is 95.9 Å². The highest BCUT2D eigenvalue weighted by Crippen LogP contribution is 2.18. The molecule has 0 radical (unpaired) electrons. The third-order valence-corrected chi connectivity index (χ3v) is 14.6. The summed E-state index contributed by atoms with van der Waals surface area (Å²) in [7, 11) is 0. The molecule has 0 bridgehead atoms. The predicted molar refractivity (Wildman–Crippen MR) is 297 cm³/mol. The van der Waals surface area contributed by atoms with Crippen LogP contribution < -0.4 is 5.32 Å². The molecule has 404 valence electrons. The van der Waals surface area contributed by atoms with Crippen LogP contribution in [0.5, 0.6) is 0 Å². The van der Waals surface area contributed by atoms with E-state index in [1.807, 2.05) is 0 Å². The smallest absolute Gasteiger partial charge is 0.305 e. The van der Waals surface area contributed by atoms with Crippen LogP contribution in [-0.2, 0) is 14.3 Å². The van der Waals surface area contributed by atoms with Gasteiger partial charge in [-0.25, -0.2) is 0 Å². The summed E-state index contributed by atoms with van der Waals surface area (Å²) in [5.41, 5.74) is 0. The molecule has 2 atom stereocenters. The summed E-state index contributed by atoms with van der Waals surface area (Å²) in [6.07, 6.45) is 69.3. The Balaban J connectivity index is 3.40. The van der Waals surface area contributed by atoms with E-state index in [2.05, 4.69) is 31.3 Å². The number of hydrogen-bond donors (Lipinski definition) is 3. The number of carbonyl (C=O) groups is 2. The summed E-state index contributed by atoms with van der Waals surface area (Å²) < 4.78 is 5.46. The summed E-state index contributed by atoms with van der Waals surface area (Å²) in [4.78, 5) is 24.5. The van der Waals surface area contributed by atoms with Gasteiger partial charge >= 0.3 is 5.97 Å². The maximum atomic E-state index is 12.5. The second-order valence-corrected chi connectivity index (χ2v) is 21.4. The molecule has 6 heteroatoms. The molecule has 0 heterocycles. The first-order valence-corrected chi connectivity index (χ1v) is 30.9. The van der Waals surface area contributed by atoms with Crippen LogP contribution in [0.25, 0.3) is 0 Å². The third kappa shape index (κ3) is 53.9. The molecule has 0 saturated heterocycles. The number of aliphatic hydroxyl groups excluding tert-OH is 2. The molecule has 6 nitrogen and oxygen atoms in total. The second-order valence-electron chi connectivity index (χ2n) is 21.4. The molecule has 0 aromatic heterocycles. The zero-order valence-corrected chi connectivity index (χ0v) is 46.1. The zero-order valence-electron chi connectivity index (χ0n) is 46.1. The highest BCUT2D eigenvalue weighted by molar-refractivity contribution is 5.76. The molecule has 0 spiro atoms. The largest absolute Gasteiger partial charge is 0.466 e. The van der Waals surface area contributed by atoms with Crippen molar-refractivity contribution in [3.63, 3.8) is 0 Å². The van der Waals surface area contributed by atoms with E-state index < -0.39 is 12.1 Å². The van der Waals surface area contributed by atoms with Crippen molar-refractivity contribution >= 4 is 11.9 Å². The minimum absolute atomic E-state index is 0.000181. The van der Waals surface area contributed by atoms with Crippen molar-refractivity contribution in [1.29, 1.82) is 0 Å². The van der Waals surface area contributed by atoms with Gasteiger partial charge < -0.3 is 20.3 Å². The number of amides is 1. The Labute approximate surface area is 425 Å². The van der Waals surface area contributed by atoms with Crippen LogP contribution in [0.3, 0.4) is 0 Å². The van der Waals surface area contributed by atoms with Crippen LogP contribution in [0.15, 0.2) is 12.2 Å². The monoisotopic (exact) mass is 960 g/mol. The van der Waals surface area contributed by atoms with Crippen LogP contribution >= 0.6 is 0 Å². The van der Waals surface area contributed by atoms with Gasteiger partial charge in [0.1, 0.15) is 0 Å². The van der Waals surface area contributed by atoms with E-state index >= 15 is 0 Å². The Hall–Kier alpha value is -1.40. The summed E-state index contributed by atoms with van der Waals surface area (Å²) in [6, 6.07) is -0.544. The molecule has 0 aliphatic carbocycles. The lowest BCUT2D eigenvalue weighted by molar-refractivity contribution is -0.143. The quantitative estimate of drug-likeness (QED) is 0.0321. The Bertz CT molecular complexity index is 1020. The molecule has 0 fully saturated rings. The van der Waals surface area contributed by atoms with E-state index in [-0.39, 0.29) is 18.5 Å². The van der Waals surface area contributed by atoms with Crippen LogP contribution in [0.4, 0.5) is 0 Å². The highest BCUT2D eigenvalue weighted by atomic mass is 16.5. The minimum atomic E-state index is -0.666. The molecule has 0 aromatic rings. The molecule has 2 unspecified atom stereocenters. The van der Waals surface area contributed by atoms with Gasteiger partial charge in [-0.3, -0.25) is 9.59 Å². The molecule has 0 saturated carbocycles. The molecule has 0 aromatic carbocycles. The van der Waals surface area contributed by atoms with E-state index in [1.165, 1.54) is 270 Å². The van der Waals surface area contributed by atoms with Crippen molar-refractivity contribution in [1.82, 2.24) is 5.32 Å². The Morgan fingerprint density at radius 1 is 0.397 bits per heavy atom. The van der Waals surface area contributed by atoms with Crippen LogP contribution in [0, 0.1) is 0 Å². The zero-order chi connectivity index (χ0) is 49.3. The predicted octanol–water partition coefficient (Wildman–Crippen LogP) is 19.2. The number of aliphatic hydroxyl groups is 2. The molecule has 1 amide bonds. The number of unbranched alkanes of at least 4 members (excludes halogenated alkanes) is 45. The summed E-state index contributed by atoms with van der Waals surface area (Å²) in [5.74, 6) is -0.0344. The number of hydrogen-bond acceptors (Lipinski definition) is 5. The van der Waals surface area contributed by atoms with E-state index in [9.17, 15) is 19.8 Å². The van der Waals surface area contributed by atoms with Gasteiger partial charge in [0.05, 0.1) is 25.4 Å². The lowest BCUT2D eigenvalue weighted by Gasteiger charge is -2.22. The Kier molecular flexibility index (Phi) is 57.0. The van der Waals surface area contributed by atoms with E-state index in [0.717, 1.165) is 44.9 Å². The van der Waals surface area contributed by atoms with E-state index in [1.54, 1.807) is 0 Å². The summed E-state index contributed by atoms with van der Waals surface area (Å²) in [5, 5.41) is 23.4. The van der Waals surface area contributed by atoms with Gasteiger partial charge in [0.15, 0.2) is 0 Å². The molecular weight excluding hydrogens is 839 g/mol. The van der Waals surface area contributed by atoms with Gasteiger partial charge in [0.25, 0.3) is 0 Å². The maximum absolute atomic E-state index is 12.5. The number of carbonyl (C=O) groups excluding carboxylic acids is 2. The van der Waals surface area contributed by atoms with Crippen molar-refractivity contribution in [3.8, 4) is 0 Å². The van der Waals surface area contributed by atoms with Crippen molar-refractivity contribution < 1.29 is 24.5 Å². The molecule has 0 aliphatic heterocycles. The number of esters is 1. The number of allylic oxidation sites excluding steroid dienone is 2.